The molecular weight excluding hydrogens is 268 g/mol. The minimum Gasteiger partial charge on any atom is -0.399 e. The van der Waals surface area contributed by atoms with Crippen LogP contribution >= 0.6 is 11.3 Å². The Labute approximate surface area is 111 Å². The fraction of sp³-hybridized carbons (Fsp3) is 0.167. The van der Waals surface area contributed by atoms with Gasteiger partial charge in [0.15, 0.2) is 0 Å². The normalized spacial score (nSPS) is 11.6. The summed E-state index contributed by atoms with van der Waals surface area (Å²) in [6.07, 6.45) is 0. The molecule has 1 aromatic carbocycles. The summed E-state index contributed by atoms with van der Waals surface area (Å²) in [5.74, 6) is 0. The molecule has 6 heteroatoms. The first-order valence-corrected chi connectivity index (χ1v) is 7.78. The summed E-state index contributed by atoms with van der Waals surface area (Å²) < 4.78 is 26.6. The Hall–Kier alpha value is -1.37. The van der Waals surface area contributed by atoms with E-state index in [2.05, 4.69) is 4.72 Å². The Morgan fingerprint density at radius 1 is 1.22 bits per heavy atom. The highest BCUT2D eigenvalue weighted by atomic mass is 32.2. The first-order chi connectivity index (χ1) is 8.49. The number of nitrogen functional groups attached to an aromatic ring is 1. The zero-order chi connectivity index (χ0) is 13.2. The summed E-state index contributed by atoms with van der Waals surface area (Å²) in [4.78, 5) is 0.226. The maximum absolute atomic E-state index is 12.0. The first-order valence-electron chi connectivity index (χ1n) is 5.36. The second-order valence-electron chi connectivity index (χ2n) is 3.97. The van der Waals surface area contributed by atoms with Crippen molar-refractivity contribution in [2.75, 3.05) is 5.73 Å². The Balaban J connectivity index is 2.13. The van der Waals surface area contributed by atoms with Crippen molar-refractivity contribution in [3.05, 3.63) is 46.2 Å². The number of thiophene rings is 1. The molecule has 0 radical (unpaired) electrons. The van der Waals surface area contributed by atoms with E-state index in [4.69, 9.17) is 5.73 Å². The Morgan fingerprint density at radius 3 is 2.44 bits per heavy atom. The molecule has 0 atom stereocenters. The molecule has 0 fully saturated rings. The van der Waals surface area contributed by atoms with Gasteiger partial charge in [0.2, 0.25) is 10.0 Å². The highest BCUT2D eigenvalue weighted by Crippen LogP contribution is 2.15. The smallest absolute Gasteiger partial charge is 0.240 e. The van der Waals surface area contributed by atoms with E-state index >= 15 is 0 Å². The van der Waals surface area contributed by atoms with Gasteiger partial charge in [-0.2, -0.15) is 11.3 Å². The average molecular weight is 282 g/mol. The summed E-state index contributed by atoms with van der Waals surface area (Å²) >= 11 is 1.56. The lowest BCUT2D eigenvalue weighted by atomic mass is 10.2. The van der Waals surface area contributed by atoms with Crippen molar-refractivity contribution < 1.29 is 8.42 Å². The molecule has 4 nitrogen and oxygen atoms in total. The van der Waals surface area contributed by atoms with E-state index in [1.165, 1.54) is 12.1 Å². The van der Waals surface area contributed by atoms with Crippen LogP contribution in [0.4, 0.5) is 5.69 Å². The molecule has 1 aromatic heterocycles. The standard InChI is InChI=1S/C12H14N2O2S2/c1-9-7-17-8-10(9)6-14-18(15,16)12-4-2-11(13)3-5-12/h2-5,7-8,14H,6,13H2,1H3. The van der Waals surface area contributed by atoms with E-state index in [1.807, 2.05) is 17.7 Å². The van der Waals surface area contributed by atoms with Crippen LogP contribution < -0.4 is 10.5 Å². The molecule has 1 heterocycles. The molecule has 96 valence electrons. The number of aryl methyl sites for hydroxylation is 1. The predicted octanol–water partition coefficient (Wildman–Crippen LogP) is 2.12. The summed E-state index contributed by atoms with van der Waals surface area (Å²) in [7, 11) is -3.47. The molecule has 0 bridgehead atoms. The summed E-state index contributed by atoms with van der Waals surface area (Å²) in [6, 6.07) is 6.14. The highest BCUT2D eigenvalue weighted by Gasteiger charge is 2.13. The minimum atomic E-state index is -3.47. The minimum absolute atomic E-state index is 0.226. The van der Waals surface area contributed by atoms with Crippen molar-refractivity contribution in [3.8, 4) is 0 Å². The van der Waals surface area contributed by atoms with E-state index in [-0.39, 0.29) is 4.90 Å². The lowest BCUT2D eigenvalue weighted by Crippen LogP contribution is -2.23. The number of nitrogens with one attached hydrogen (secondary N) is 1. The number of rotatable bonds is 4. The van der Waals surface area contributed by atoms with Gasteiger partial charge in [-0.15, -0.1) is 0 Å². The number of nitrogens with two attached hydrogens (primary N) is 1. The van der Waals surface area contributed by atoms with Gasteiger partial charge in [0.25, 0.3) is 0 Å². The number of benzene rings is 1. The molecule has 0 aliphatic heterocycles. The molecule has 0 saturated carbocycles. The highest BCUT2D eigenvalue weighted by molar-refractivity contribution is 7.89. The SMILES string of the molecule is Cc1cscc1CNS(=O)(=O)c1ccc(N)cc1. The second kappa shape index (κ2) is 5.09. The number of anilines is 1. The van der Waals surface area contributed by atoms with Gasteiger partial charge >= 0.3 is 0 Å². The summed E-state index contributed by atoms with van der Waals surface area (Å²) in [5, 5.41) is 3.94. The number of sulfonamides is 1. The zero-order valence-corrected chi connectivity index (χ0v) is 11.5. The van der Waals surface area contributed by atoms with Crippen LogP contribution in [-0.2, 0) is 16.6 Å². The van der Waals surface area contributed by atoms with Gasteiger partial charge in [-0.1, -0.05) is 0 Å². The van der Waals surface area contributed by atoms with Crippen molar-refractivity contribution in [2.24, 2.45) is 0 Å². The van der Waals surface area contributed by atoms with E-state index in [9.17, 15) is 8.42 Å². The van der Waals surface area contributed by atoms with Crippen LogP contribution in [0, 0.1) is 6.92 Å². The number of hydrogen-bond acceptors (Lipinski definition) is 4. The third-order valence-electron chi connectivity index (χ3n) is 2.60. The van der Waals surface area contributed by atoms with Crippen molar-refractivity contribution in [3.63, 3.8) is 0 Å². The lowest BCUT2D eigenvalue weighted by Gasteiger charge is -2.06. The van der Waals surface area contributed by atoms with Crippen molar-refractivity contribution in [2.45, 2.75) is 18.4 Å². The Morgan fingerprint density at radius 2 is 1.89 bits per heavy atom. The topological polar surface area (TPSA) is 72.2 Å². The molecule has 0 amide bonds. The van der Waals surface area contributed by atoms with Crippen molar-refractivity contribution in [1.82, 2.24) is 4.72 Å². The fourth-order valence-electron chi connectivity index (χ4n) is 1.47. The van der Waals surface area contributed by atoms with Gasteiger partial charge < -0.3 is 5.73 Å². The van der Waals surface area contributed by atoms with E-state index < -0.39 is 10.0 Å². The molecule has 0 saturated heterocycles. The van der Waals surface area contributed by atoms with Crippen molar-refractivity contribution >= 4 is 27.0 Å². The molecule has 3 N–H and O–H groups in total. The Bertz CT molecular complexity index is 630. The van der Waals surface area contributed by atoms with Crippen LogP contribution in [0.2, 0.25) is 0 Å². The van der Waals surface area contributed by atoms with Crippen molar-refractivity contribution in [1.29, 1.82) is 0 Å². The molecule has 2 rings (SSSR count). The molecule has 2 aromatic rings. The fourth-order valence-corrected chi connectivity index (χ4v) is 3.33. The predicted molar refractivity (Wildman–Crippen MR) is 73.9 cm³/mol. The van der Waals surface area contributed by atoms with Gasteiger partial charge in [0, 0.05) is 12.2 Å². The van der Waals surface area contributed by atoms with Crippen LogP contribution in [0.1, 0.15) is 11.1 Å². The quantitative estimate of drug-likeness (QED) is 0.844. The second-order valence-corrected chi connectivity index (χ2v) is 6.48. The molecular formula is C12H14N2O2S2. The van der Waals surface area contributed by atoms with Crippen LogP contribution in [0.15, 0.2) is 39.9 Å². The van der Waals surface area contributed by atoms with E-state index in [0.29, 0.717) is 12.2 Å². The third-order valence-corrected chi connectivity index (χ3v) is 4.93. The van der Waals surface area contributed by atoms with Gasteiger partial charge in [-0.25, -0.2) is 13.1 Å². The lowest BCUT2D eigenvalue weighted by molar-refractivity contribution is 0.581. The zero-order valence-electron chi connectivity index (χ0n) is 9.88. The van der Waals surface area contributed by atoms with Crippen LogP contribution in [0.3, 0.4) is 0 Å². The van der Waals surface area contributed by atoms with Crippen LogP contribution in [-0.4, -0.2) is 8.42 Å². The molecule has 18 heavy (non-hydrogen) atoms. The summed E-state index contributed by atoms with van der Waals surface area (Å²) in [5.41, 5.74) is 8.17. The van der Waals surface area contributed by atoms with Gasteiger partial charge in [0.05, 0.1) is 4.90 Å². The van der Waals surface area contributed by atoms with E-state index in [1.54, 1.807) is 23.5 Å². The maximum Gasteiger partial charge on any atom is 0.240 e. The molecule has 0 spiro atoms. The molecule has 0 aliphatic rings. The first kappa shape index (κ1) is 13.1. The average Bonchev–Trinajstić information content (AvgIpc) is 2.73. The molecule has 0 unspecified atom stereocenters. The largest absolute Gasteiger partial charge is 0.399 e. The number of hydrogen-bond donors (Lipinski definition) is 2. The van der Waals surface area contributed by atoms with E-state index in [0.717, 1.165) is 11.1 Å². The van der Waals surface area contributed by atoms with Gasteiger partial charge in [-0.3, -0.25) is 0 Å². The maximum atomic E-state index is 12.0. The monoisotopic (exact) mass is 282 g/mol. The van der Waals surface area contributed by atoms with Crippen LogP contribution in [0.5, 0.6) is 0 Å². The molecule has 0 aliphatic carbocycles. The van der Waals surface area contributed by atoms with Crippen LogP contribution in [0.25, 0.3) is 0 Å². The Kier molecular flexibility index (Phi) is 3.70. The third kappa shape index (κ3) is 2.90. The van der Waals surface area contributed by atoms with Gasteiger partial charge in [0.1, 0.15) is 0 Å². The summed E-state index contributed by atoms with van der Waals surface area (Å²) in [6.45, 7) is 2.27. The van der Waals surface area contributed by atoms with Gasteiger partial charge in [-0.05, 0) is 53.1 Å².